The molecule has 31 heavy (non-hydrogen) atoms. The van der Waals surface area contributed by atoms with Crippen molar-refractivity contribution in [1.29, 1.82) is 0 Å². The number of aromatic nitrogens is 2. The Hall–Kier alpha value is -3.35. The summed E-state index contributed by atoms with van der Waals surface area (Å²) < 4.78 is 8.43. The lowest BCUT2D eigenvalue weighted by Crippen LogP contribution is -2.47. The largest absolute Gasteiger partial charge is 0.493 e. The number of carbonyl (C=O) groups is 1. The second kappa shape index (κ2) is 8.79. The van der Waals surface area contributed by atoms with Crippen molar-refractivity contribution < 1.29 is 9.53 Å². The maximum absolute atomic E-state index is 13.0. The van der Waals surface area contributed by atoms with Gasteiger partial charge in [0.25, 0.3) is 5.56 Å². The number of likely N-dealkylation sites (tertiary alicyclic amines) is 1. The number of fused-ring (bicyclic) bond motifs is 1. The smallest absolute Gasteiger partial charge is 0.331 e. The van der Waals surface area contributed by atoms with E-state index in [-0.39, 0.29) is 18.4 Å². The normalized spacial score (nSPS) is 16.5. The van der Waals surface area contributed by atoms with Crippen LogP contribution in [0, 0.1) is 12.8 Å². The number of hydrogen-bond donors (Lipinski definition) is 0. The number of amides is 1. The van der Waals surface area contributed by atoms with Gasteiger partial charge in [0.05, 0.1) is 17.5 Å². The summed E-state index contributed by atoms with van der Waals surface area (Å²) in [6.07, 6.45) is 1.85. The first-order valence-corrected chi connectivity index (χ1v) is 10.6. The summed E-state index contributed by atoms with van der Waals surface area (Å²) in [6.45, 7) is 3.48. The molecule has 0 radical (unpaired) electrons. The van der Waals surface area contributed by atoms with Gasteiger partial charge in [-0.2, -0.15) is 0 Å². The minimum Gasteiger partial charge on any atom is -0.493 e. The Kier molecular flexibility index (Phi) is 5.93. The van der Waals surface area contributed by atoms with E-state index in [1.807, 2.05) is 31.2 Å². The van der Waals surface area contributed by atoms with Gasteiger partial charge in [0.15, 0.2) is 0 Å². The average molecular weight is 421 g/mol. The van der Waals surface area contributed by atoms with Crippen LogP contribution in [-0.4, -0.2) is 39.6 Å². The van der Waals surface area contributed by atoms with Gasteiger partial charge >= 0.3 is 5.69 Å². The zero-order valence-electron chi connectivity index (χ0n) is 17.9. The molecule has 2 aromatic carbocycles. The standard InChI is InChI=1S/C24H27N3O4/c1-17-8-3-6-12-21(17)31-16-18-9-7-13-26(14-18)22(28)15-27-23(29)19-10-4-5-11-20(19)25(2)24(27)30/h3-6,8,10-12,18H,7,9,13-16H2,1-2H3/t18-/m1/s1. The van der Waals surface area contributed by atoms with Crippen molar-refractivity contribution in [2.75, 3.05) is 19.7 Å². The van der Waals surface area contributed by atoms with E-state index in [2.05, 4.69) is 0 Å². The van der Waals surface area contributed by atoms with E-state index in [0.29, 0.717) is 30.6 Å². The highest BCUT2D eigenvalue weighted by Crippen LogP contribution is 2.21. The highest BCUT2D eigenvalue weighted by Gasteiger charge is 2.25. The molecule has 1 aromatic heterocycles. The fraction of sp³-hybridized carbons (Fsp3) is 0.375. The lowest BCUT2D eigenvalue weighted by molar-refractivity contribution is -0.134. The van der Waals surface area contributed by atoms with E-state index < -0.39 is 11.2 Å². The average Bonchev–Trinajstić information content (AvgIpc) is 2.80. The van der Waals surface area contributed by atoms with E-state index >= 15 is 0 Å². The van der Waals surface area contributed by atoms with Gasteiger partial charge in [-0.1, -0.05) is 30.3 Å². The zero-order valence-corrected chi connectivity index (χ0v) is 17.9. The highest BCUT2D eigenvalue weighted by atomic mass is 16.5. The monoisotopic (exact) mass is 421 g/mol. The third kappa shape index (κ3) is 4.26. The van der Waals surface area contributed by atoms with Crippen LogP contribution < -0.4 is 16.0 Å². The molecule has 2 heterocycles. The van der Waals surface area contributed by atoms with Gasteiger partial charge in [0, 0.05) is 26.1 Å². The van der Waals surface area contributed by atoms with Gasteiger partial charge in [-0.15, -0.1) is 0 Å². The van der Waals surface area contributed by atoms with Crippen molar-refractivity contribution in [3.8, 4) is 5.75 Å². The Bertz CT molecular complexity index is 1230. The van der Waals surface area contributed by atoms with Gasteiger partial charge < -0.3 is 9.64 Å². The first kappa shape index (κ1) is 20.9. The molecule has 0 bridgehead atoms. The van der Waals surface area contributed by atoms with Crippen LogP contribution in [0.5, 0.6) is 5.75 Å². The number of carbonyl (C=O) groups excluding carboxylic acids is 1. The van der Waals surface area contributed by atoms with Crippen LogP contribution in [-0.2, 0) is 18.4 Å². The molecule has 0 aliphatic carbocycles. The summed E-state index contributed by atoms with van der Waals surface area (Å²) in [6, 6.07) is 14.8. The van der Waals surface area contributed by atoms with E-state index in [9.17, 15) is 14.4 Å². The minimum atomic E-state index is -0.478. The molecule has 0 unspecified atom stereocenters. The van der Waals surface area contributed by atoms with Gasteiger partial charge in [0.2, 0.25) is 5.91 Å². The molecule has 3 aromatic rings. The van der Waals surface area contributed by atoms with Crippen LogP contribution in [0.25, 0.3) is 10.9 Å². The van der Waals surface area contributed by atoms with Gasteiger partial charge in [-0.3, -0.25) is 18.7 Å². The molecule has 0 saturated carbocycles. The van der Waals surface area contributed by atoms with Gasteiger partial charge in [-0.05, 0) is 43.5 Å². The molecule has 1 amide bonds. The number of ether oxygens (including phenoxy) is 1. The molecular formula is C24H27N3O4. The van der Waals surface area contributed by atoms with Crippen molar-refractivity contribution in [2.45, 2.75) is 26.3 Å². The van der Waals surface area contributed by atoms with Crippen LogP contribution in [0.1, 0.15) is 18.4 Å². The first-order valence-electron chi connectivity index (χ1n) is 10.6. The third-order valence-electron chi connectivity index (χ3n) is 5.99. The van der Waals surface area contributed by atoms with E-state index in [1.54, 1.807) is 36.2 Å². The maximum atomic E-state index is 13.0. The van der Waals surface area contributed by atoms with Crippen molar-refractivity contribution in [1.82, 2.24) is 14.0 Å². The van der Waals surface area contributed by atoms with E-state index in [0.717, 1.165) is 28.7 Å². The second-order valence-electron chi connectivity index (χ2n) is 8.17. The van der Waals surface area contributed by atoms with Gasteiger partial charge in [-0.25, -0.2) is 4.79 Å². The van der Waals surface area contributed by atoms with Crippen LogP contribution in [0.4, 0.5) is 0 Å². The molecule has 0 N–H and O–H groups in total. The SMILES string of the molecule is Cc1ccccc1OC[C@@H]1CCCN(C(=O)Cn2c(=O)c3ccccc3n(C)c2=O)C1. The van der Waals surface area contributed by atoms with Crippen molar-refractivity contribution >= 4 is 16.8 Å². The fourth-order valence-corrected chi connectivity index (χ4v) is 4.19. The molecule has 4 rings (SSSR count). The summed E-state index contributed by atoms with van der Waals surface area (Å²) in [4.78, 5) is 40.3. The zero-order chi connectivity index (χ0) is 22.0. The Labute approximate surface area is 180 Å². The number of aryl methyl sites for hydroxylation is 2. The Morgan fingerprint density at radius 1 is 1.10 bits per heavy atom. The first-order chi connectivity index (χ1) is 15.0. The third-order valence-corrected chi connectivity index (χ3v) is 5.99. The summed E-state index contributed by atoms with van der Waals surface area (Å²) in [7, 11) is 1.62. The summed E-state index contributed by atoms with van der Waals surface area (Å²) in [5, 5.41) is 0.431. The minimum absolute atomic E-state index is 0.213. The summed E-state index contributed by atoms with van der Waals surface area (Å²) >= 11 is 0. The predicted molar refractivity (Wildman–Crippen MR) is 119 cm³/mol. The van der Waals surface area contributed by atoms with Gasteiger partial charge in [0.1, 0.15) is 12.3 Å². The molecule has 0 spiro atoms. The molecule has 1 fully saturated rings. The quantitative estimate of drug-likeness (QED) is 0.634. The van der Waals surface area contributed by atoms with Crippen LogP contribution >= 0.6 is 0 Å². The fourth-order valence-electron chi connectivity index (χ4n) is 4.19. The van der Waals surface area contributed by atoms with Crippen molar-refractivity contribution in [3.05, 3.63) is 74.9 Å². The summed E-state index contributed by atoms with van der Waals surface area (Å²) in [5.41, 5.74) is 0.738. The molecule has 162 valence electrons. The molecule has 1 aliphatic heterocycles. The van der Waals surface area contributed by atoms with Crippen LogP contribution in [0.3, 0.4) is 0 Å². The van der Waals surface area contributed by atoms with Crippen LogP contribution in [0.2, 0.25) is 0 Å². The molecule has 7 heteroatoms. The molecule has 7 nitrogen and oxygen atoms in total. The predicted octanol–water partition coefficient (Wildman–Crippen LogP) is 2.33. The molecule has 1 aliphatic rings. The van der Waals surface area contributed by atoms with Crippen molar-refractivity contribution in [2.24, 2.45) is 13.0 Å². The maximum Gasteiger partial charge on any atom is 0.331 e. The Morgan fingerprint density at radius 2 is 1.84 bits per heavy atom. The molecular weight excluding hydrogens is 394 g/mol. The number of benzene rings is 2. The number of rotatable bonds is 5. The van der Waals surface area contributed by atoms with E-state index in [1.165, 1.54) is 4.57 Å². The van der Waals surface area contributed by atoms with Crippen LogP contribution in [0.15, 0.2) is 58.1 Å². The lowest BCUT2D eigenvalue weighted by Gasteiger charge is -2.33. The molecule has 1 saturated heterocycles. The Balaban J connectivity index is 1.47. The molecule has 1 atom stereocenters. The Morgan fingerprint density at radius 3 is 2.65 bits per heavy atom. The number of piperidine rings is 1. The van der Waals surface area contributed by atoms with E-state index in [4.69, 9.17) is 4.74 Å². The number of hydrogen-bond acceptors (Lipinski definition) is 4. The lowest BCUT2D eigenvalue weighted by atomic mass is 9.99. The van der Waals surface area contributed by atoms with Crippen molar-refractivity contribution in [3.63, 3.8) is 0 Å². The summed E-state index contributed by atoms with van der Waals surface area (Å²) in [5.74, 6) is 0.862. The number of para-hydroxylation sites is 2. The topological polar surface area (TPSA) is 73.5 Å². The highest BCUT2D eigenvalue weighted by molar-refractivity contribution is 5.79. The number of nitrogens with zero attached hydrogens (tertiary/aromatic N) is 3. The second-order valence-corrected chi connectivity index (χ2v) is 8.17.